The topological polar surface area (TPSA) is 107 Å². The van der Waals surface area contributed by atoms with Crippen molar-refractivity contribution in [2.45, 2.75) is 52.6 Å². The number of benzene rings is 1. The molecule has 0 heterocycles. The van der Waals surface area contributed by atoms with Crippen molar-refractivity contribution in [2.75, 3.05) is 12.4 Å². The Hall–Kier alpha value is -1.93. The number of aryl methyl sites for hydroxylation is 2. The Morgan fingerprint density at radius 3 is 2.33 bits per heavy atom. The monoisotopic (exact) mass is 398 g/mol. The minimum absolute atomic E-state index is 0.250. The zero-order valence-electron chi connectivity index (χ0n) is 15.9. The quantitative estimate of drug-likeness (QED) is 0.580. The lowest BCUT2D eigenvalue weighted by Crippen LogP contribution is -2.30. The van der Waals surface area contributed by atoms with Crippen molar-refractivity contribution in [3.8, 4) is 0 Å². The minimum Gasteiger partial charge on any atom is -0.464 e. The molecule has 1 aromatic carbocycles. The molecule has 1 N–H and O–H groups in total. The van der Waals surface area contributed by atoms with Crippen LogP contribution in [0.4, 0.5) is 0 Å². The molecule has 0 aliphatic heterocycles. The lowest BCUT2D eigenvalue weighted by Gasteiger charge is -2.27. The number of rotatable bonds is 6. The van der Waals surface area contributed by atoms with Crippen LogP contribution >= 0.6 is 0 Å². The van der Waals surface area contributed by atoms with E-state index >= 15 is 0 Å². The van der Waals surface area contributed by atoms with Crippen LogP contribution < -0.4 is 0 Å². The normalized spacial score (nSPS) is 20.1. The Morgan fingerprint density at radius 1 is 1.11 bits per heavy atom. The molecular formula is C19H26O7S. The number of esters is 2. The highest BCUT2D eigenvalue weighted by molar-refractivity contribution is 7.85. The van der Waals surface area contributed by atoms with Gasteiger partial charge in [-0.3, -0.25) is 9.35 Å². The molecule has 0 bridgehead atoms. The number of ether oxygens (including phenoxy) is 2. The Morgan fingerprint density at radius 2 is 1.74 bits per heavy atom. The highest BCUT2D eigenvalue weighted by Crippen LogP contribution is 2.28. The van der Waals surface area contributed by atoms with E-state index in [0.717, 1.165) is 16.7 Å². The van der Waals surface area contributed by atoms with Crippen molar-refractivity contribution in [1.29, 1.82) is 0 Å². The first-order chi connectivity index (χ1) is 12.6. The second-order valence-electron chi connectivity index (χ2n) is 7.09. The average molecular weight is 398 g/mol. The van der Waals surface area contributed by atoms with Gasteiger partial charge in [0.2, 0.25) is 0 Å². The predicted octanol–water partition coefficient (Wildman–Crippen LogP) is 2.76. The van der Waals surface area contributed by atoms with E-state index in [2.05, 4.69) is 0 Å². The predicted molar refractivity (Wildman–Crippen MR) is 99.2 cm³/mol. The Labute approximate surface area is 159 Å². The molecule has 1 saturated carbocycles. The van der Waals surface area contributed by atoms with Gasteiger partial charge in [-0.25, -0.2) is 4.79 Å². The molecule has 1 aromatic rings. The summed E-state index contributed by atoms with van der Waals surface area (Å²) >= 11 is 0. The van der Waals surface area contributed by atoms with E-state index < -0.39 is 21.8 Å². The maximum absolute atomic E-state index is 12.5. The molecule has 0 spiro atoms. The summed E-state index contributed by atoms with van der Waals surface area (Å²) in [7, 11) is -4.14. The van der Waals surface area contributed by atoms with Gasteiger partial charge in [0.15, 0.2) is 0 Å². The zero-order valence-corrected chi connectivity index (χ0v) is 16.7. The summed E-state index contributed by atoms with van der Waals surface area (Å²) in [4.78, 5) is 24.4. The van der Waals surface area contributed by atoms with Gasteiger partial charge in [0.1, 0.15) is 18.5 Å². The van der Waals surface area contributed by atoms with Gasteiger partial charge in [0, 0.05) is 0 Å². The van der Waals surface area contributed by atoms with Crippen LogP contribution in [0, 0.1) is 26.7 Å². The van der Waals surface area contributed by atoms with Crippen molar-refractivity contribution in [1.82, 2.24) is 0 Å². The van der Waals surface area contributed by atoms with E-state index in [1.54, 1.807) is 0 Å². The van der Waals surface area contributed by atoms with E-state index in [0.29, 0.717) is 31.2 Å². The van der Waals surface area contributed by atoms with E-state index in [1.165, 1.54) is 0 Å². The summed E-state index contributed by atoms with van der Waals surface area (Å²) in [6.45, 7) is 5.42. The van der Waals surface area contributed by atoms with Gasteiger partial charge in [-0.15, -0.1) is 0 Å². The van der Waals surface area contributed by atoms with Crippen LogP contribution in [0.25, 0.3) is 0 Å². The van der Waals surface area contributed by atoms with Gasteiger partial charge in [-0.05, 0) is 69.2 Å². The van der Waals surface area contributed by atoms with E-state index in [4.69, 9.17) is 14.0 Å². The highest BCUT2D eigenvalue weighted by atomic mass is 32.2. The fourth-order valence-corrected chi connectivity index (χ4v) is 3.54. The summed E-state index contributed by atoms with van der Waals surface area (Å²) in [5, 5.41) is 0. The number of hydrogen-bond donors (Lipinski definition) is 1. The first-order valence-electron chi connectivity index (χ1n) is 8.97. The molecule has 8 heteroatoms. The minimum atomic E-state index is -4.14. The lowest BCUT2D eigenvalue weighted by atomic mass is 9.87. The molecule has 7 nitrogen and oxygen atoms in total. The SMILES string of the molecule is Cc1cc(C)c(C)c(C(=O)OC2CCC(C(=O)OCCS(=O)(=O)O)CC2)c1. The molecule has 0 aromatic heterocycles. The smallest absolute Gasteiger partial charge is 0.338 e. The third-order valence-corrected chi connectivity index (χ3v) is 5.58. The van der Waals surface area contributed by atoms with Gasteiger partial charge in [0.05, 0.1) is 11.5 Å². The van der Waals surface area contributed by atoms with Crippen LogP contribution in [0.1, 0.15) is 52.7 Å². The summed E-state index contributed by atoms with van der Waals surface area (Å²) in [5.74, 6) is -1.78. The molecule has 0 amide bonds. The zero-order chi connectivity index (χ0) is 20.2. The van der Waals surface area contributed by atoms with Crippen LogP contribution in [-0.4, -0.2) is 43.4 Å². The molecule has 0 saturated heterocycles. The molecule has 1 aliphatic carbocycles. The molecule has 0 unspecified atom stereocenters. The van der Waals surface area contributed by atoms with Crippen LogP contribution in [0.5, 0.6) is 0 Å². The molecule has 2 rings (SSSR count). The molecule has 150 valence electrons. The van der Waals surface area contributed by atoms with Crippen molar-refractivity contribution in [3.63, 3.8) is 0 Å². The third-order valence-electron chi connectivity index (χ3n) is 4.90. The van der Waals surface area contributed by atoms with Gasteiger partial charge in [-0.1, -0.05) is 6.07 Å². The van der Waals surface area contributed by atoms with Crippen molar-refractivity contribution >= 4 is 22.1 Å². The van der Waals surface area contributed by atoms with Gasteiger partial charge in [0.25, 0.3) is 10.1 Å². The summed E-state index contributed by atoms with van der Waals surface area (Å²) in [6, 6.07) is 3.84. The summed E-state index contributed by atoms with van der Waals surface area (Å²) in [5.41, 5.74) is 3.51. The molecule has 0 radical (unpaired) electrons. The van der Waals surface area contributed by atoms with Crippen LogP contribution in [0.15, 0.2) is 12.1 Å². The molecular weight excluding hydrogens is 372 g/mol. The van der Waals surface area contributed by atoms with Crippen molar-refractivity contribution < 1.29 is 32.0 Å². The van der Waals surface area contributed by atoms with E-state index in [1.807, 2.05) is 32.9 Å². The summed E-state index contributed by atoms with van der Waals surface area (Å²) in [6.07, 6.45) is 1.86. The average Bonchev–Trinajstić information content (AvgIpc) is 2.57. The molecule has 1 aliphatic rings. The maximum Gasteiger partial charge on any atom is 0.338 e. The Bertz CT molecular complexity index is 806. The Kier molecular flexibility index (Phi) is 7.00. The first kappa shape index (κ1) is 21.4. The maximum atomic E-state index is 12.5. The third kappa shape index (κ3) is 6.32. The lowest BCUT2D eigenvalue weighted by molar-refractivity contribution is -0.149. The van der Waals surface area contributed by atoms with E-state index in [9.17, 15) is 18.0 Å². The largest absolute Gasteiger partial charge is 0.464 e. The number of carbonyl (C=O) groups is 2. The highest BCUT2D eigenvalue weighted by Gasteiger charge is 2.30. The van der Waals surface area contributed by atoms with Crippen LogP contribution in [0.3, 0.4) is 0 Å². The molecule has 27 heavy (non-hydrogen) atoms. The fourth-order valence-electron chi connectivity index (χ4n) is 3.25. The molecule has 0 atom stereocenters. The van der Waals surface area contributed by atoms with Crippen LogP contribution in [0.2, 0.25) is 0 Å². The first-order valence-corrected chi connectivity index (χ1v) is 10.6. The Balaban J connectivity index is 1.84. The van der Waals surface area contributed by atoms with Crippen LogP contribution in [-0.2, 0) is 24.4 Å². The number of hydrogen-bond acceptors (Lipinski definition) is 6. The van der Waals surface area contributed by atoms with Gasteiger partial charge < -0.3 is 9.47 Å². The van der Waals surface area contributed by atoms with Crippen molar-refractivity contribution in [2.24, 2.45) is 5.92 Å². The van der Waals surface area contributed by atoms with Crippen molar-refractivity contribution in [3.05, 3.63) is 34.4 Å². The van der Waals surface area contributed by atoms with E-state index in [-0.39, 0.29) is 24.6 Å². The van der Waals surface area contributed by atoms with Gasteiger partial charge >= 0.3 is 11.9 Å². The second kappa shape index (κ2) is 8.84. The summed E-state index contributed by atoms with van der Waals surface area (Å²) < 4.78 is 40.4. The van der Waals surface area contributed by atoms with Gasteiger partial charge in [-0.2, -0.15) is 8.42 Å². The molecule has 1 fully saturated rings. The standard InChI is InChI=1S/C19H26O7S/c1-12-10-13(2)14(3)17(11-12)19(21)26-16-6-4-15(5-7-16)18(20)25-8-9-27(22,23)24/h10-11,15-16H,4-9H2,1-3H3,(H,22,23,24). The second-order valence-corrected chi connectivity index (χ2v) is 8.66. The fraction of sp³-hybridized carbons (Fsp3) is 0.579. The number of carbonyl (C=O) groups excluding carboxylic acids is 2.